The van der Waals surface area contributed by atoms with Crippen molar-refractivity contribution in [1.82, 2.24) is 5.32 Å². The Balaban J connectivity index is 1.98. The van der Waals surface area contributed by atoms with Gasteiger partial charge in [0, 0.05) is 11.6 Å². The zero-order chi connectivity index (χ0) is 19.5. The first kappa shape index (κ1) is 20.1. The van der Waals surface area contributed by atoms with E-state index in [1.807, 2.05) is 13.8 Å². The summed E-state index contributed by atoms with van der Waals surface area (Å²) in [6, 6.07) is 8.29. The lowest BCUT2D eigenvalue weighted by molar-refractivity contribution is -0.137. The summed E-state index contributed by atoms with van der Waals surface area (Å²) >= 11 is 6.10. The predicted octanol–water partition coefficient (Wildman–Crippen LogP) is 5.06. The van der Waals surface area contributed by atoms with Gasteiger partial charge in [0.15, 0.2) is 6.10 Å². The Morgan fingerprint density at radius 3 is 2.38 bits per heavy atom. The van der Waals surface area contributed by atoms with Crippen LogP contribution < -0.4 is 10.1 Å². The molecule has 0 bridgehead atoms. The second-order valence-electron chi connectivity index (χ2n) is 6.05. The van der Waals surface area contributed by atoms with E-state index < -0.39 is 23.8 Å². The van der Waals surface area contributed by atoms with Gasteiger partial charge in [-0.3, -0.25) is 4.79 Å². The molecule has 0 heterocycles. The highest BCUT2D eigenvalue weighted by atomic mass is 35.5. The van der Waals surface area contributed by atoms with Crippen LogP contribution in [0.4, 0.5) is 13.2 Å². The van der Waals surface area contributed by atoms with Crippen LogP contribution in [0, 0.1) is 13.8 Å². The third-order valence-electron chi connectivity index (χ3n) is 3.81. The van der Waals surface area contributed by atoms with Gasteiger partial charge in [-0.2, -0.15) is 13.2 Å². The van der Waals surface area contributed by atoms with E-state index in [-0.39, 0.29) is 6.54 Å². The number of hydrogen-bond acceptors (Lipinski definition) is 2. The molecule has 0 radical (unpaired) electrons. The highest BCUT2D eigenvalue weighted by Gasteiger charge is 2.30. The Hall–Kier alpha value is -2.21. The highest BCUT2D eigenvalue weighted by molar-refractivity contribution is 6.32. The summed E-state index contributed by atoms with van der Waals surface area (Å²) in [4.78, 5) is 12.2. The Labute approximate surface area is 155 Å². The van der Waals surface area contributed by atoms with Crippen LogP contribution in [0.5, 0.6) is 5.75 Å². The van der Waals surface area contributed by atoms with E-state index in [0.29, 0.717) is 16.3 Å². The van der Waals surface area contributed by atoms with Gasteiger partial charge < -0.3 is 10.1 Å². The maximum absolute atomic E-state index is 12.7. The lowest BCUT2D eigenvalue weighted by Crippen LogP contribution is -2.36. The molecular formula is C19H19ClF3NO2. The van der Waals surface area contributed by atoms with Crippen molar-refractivity contribution >= 4 is 17.5 Å². The number of aryl methyl sites for hydroxylation is 2. The fraction of sp³-hybridized carbons (Fsp3) is 0.316. The van der Waals surface area contributed by atoms with Crippen LogP contribution in [0.1, 0.15) is 29.2 Å². The Morgan fingerprint density at radius 2 is 1.81 bits per heavy atom. The standard InChI is InChI=1S/C19H19ClF3NO2/c1-11-7-16(8-12(2)17(11)20)26-13(3)18(25)24-10-14-5-4-6-15(9-14)19(21,22)23/h4-9,13H,10H2,1-3H3,(H,24,25)/t13-/m1/s1. The summed E-state index contributed by atoms with van der Waals surface area (Å²) in [6.07, 6.45) is -5.22. The fourth-order valence-corrected chi connectivity index (χ4v) is 2.53. The topological polar surface area (TPSA) is 38.3 Å². The van der Waals surface area contributed by atoms with Crippen LogP contribution in [0.15, 0.2) is 36.4 Å². The summed E-state index contributed by atoms with van der Waals surface area (Å²) < 4.78 is 43.8. The molecule has 1 atom stereocenters. The Bertz CT molecular complexity index is 783. The van der Waals surface area contributed by atoms with Gasteiger partial charge in [-0.15, -0.1) is 0 Å². The number of carbonyl (C=O) groups excluding carboxylic acids is 1. The van der Waals surface area contributed by atoms with Crippen molar-refractivity contribution in [2.45, 2.75) is 39.6 Å². The zero-order valence-corrected chi connectivity index (χ0v) is 15.3. The molecule has 1 N–H and O–H groups in total. The number of carbonyl (C=O) groups is 1. The molecule has 7 heteroatoms. The van der Waals surface area contributed by atoms with E-state index >= 15 is 0 Å². The number of rotatable bonds is 5. The minimum Gasteiger partial charge on any atom is -0.481 e. The average molecular weight is 386 g/mol. The maximum atomic E-state index is 12.7. The quantitative estimate of drug-likeness (QED) is 0.781. The number of benzene rings is 2. The molecule has 0 fully saturated rings. The lowest BCUT2D eigenvalue weighted by Gasteiger charge is -2.16. The van der Waals surface area contributed by atoms with Gasteiger partial charge in [0.2, 0.25) is 0 Å². The molecule has 0 aliphatic heterocycles. The monoisotopic (exact) mass is 385 g/mol. The SMILES string of the molecule is Cc1cc(O[C@H](C)C(=O)NCc2cccc(C(F)(F)F)c2)cc(C)c1Cl. The normalized spacial score (nSPS) is 12.6. The number of halogens is 4. The molecule has 0 saturated carbocycles. The van der Waals surface area contributed by atoms with E-state index in [4.69, 9.17) is 16.3 Å². The van der Waals surface area contributed by atoms with E-state index in [9.17, 15) is 18.0 Å². The first-order valence-corrected chi connectivity index (χ1v) is 8.33. The number of nitrogens with one attached hydrogen (secondary N) is 1. The Kier molecular flexibility index (Phi) is 6.18. The summed E-state index contributed by atoms with van der Waals surface area (Å²) in [7, 11) is 0. The number of hydrogen-bond donors (Lipinski definition) is 1. The van der Waals surface area contributed by atoms with Gasteiger partial charge in [0.1, 0.15) is 5.75 Å². The summed E-state index contributed by atoms with van der Waals surface area (Å²) in [5.74, 6) is 0.0822. The van der Waals surface area contributed by atoms with Gasteiger partial charge >= 0.3 is 6.18 Å². The molecule has 2 rings (SSSR count). The molecule has 3 nitrogen and oxygen atoms in total. The van der Waals surface area contributed by atoms with Crippen LogP contribution in [0.25, 0.3) is 0 Å². The first-order valence-electron chi connectivity index (χ1n) is 7.95. The van der Waals surface area contributed by atoms with Crippen molar-refractivity contribution in [3.05, 3.63) is 63.7 Å². The van der Waals surface area contributed by atoms with Crippen LogP contribution >= 0.6 is 11.6 Å². The van der Waals surface area contributed by atoms with E-state index in [2.05, 4.69) is 5.32 Å². The molecule has 0 aliphatic rings. The van der Waals surface area contributed by atoms with Gasteiger partial charge in [-0.25, -0.2) is 0 Å². The van der Waals surface area contributed by atoms with Crippen molar-refractivity contribution in [2.75, 3.05) is 0 Å². The largest absolute Gasteiger partial charge is 0.481 e. The van der Waals surface area contributed by atoms with Gasteiger partial charge in [0.05, 0.1) is 5.56 Å². The van der Waals surface area contributed by atoms with E-state index in [0.717, 1.165) is 23.3 Å². The fourth-order valence-electron chi connectivity index (χ4n) is 2.42. The average Bonchev–Trinajstić information content (AvgIpc) is 2.57. The molecule has 0 aliphatic carbocycles. The predicted molar refractivity (Wildman–Crippen MR) is 94.3 cm³/mol. The first-order chi connectivity index (χ1) is 12.1. The number of alkyl halides is 3. The van der Waals surface area contributed by atoms with Crippen molar-refractivity contribution in [2.24, 2.45) is 0 Å². The van der Waals surface area contributed by atoms with Crippen LogP contribution in [-0.2, 0) is 17.5 Å². The second kappa shape index (κ2) is 7.99. The molecule has 2 aromatic rings. The lowest BCUT2D eigenvalue weighted by atomic mass is 10.1. The molecule has 0 saturated heterocycles. The molecule has 2 aromatic carbocycles. The molecule has 26 heavy (non-hydrogen) atoms. The van der Waals surface area contributed by atoms with Crippen molar-refractivity contribution < 1.29 is 22.7 Å². The van der Waals surface area contributed by atoms with Gasteiger partial charge in [0.25, 0.3) is 5.91 Å². The number of ether oxygens (including phenoxy) is 1. The van der Waals surface area contributed by atoms with Gasteiger partial charge in [-0.05, 0) is 61.7 Å². The maximum Gasteiger partial charge on any atom is 0.416 e. The third kappa shape index (κ3) is 5.14. The smallest absolute Gasteiger partial charge is 0.416 e. The molecular weight excluding hydrogens is 367 g/mol. The Morgan fingerprint density at radius 1 is 1.19 bits per heavy atom. The molecule has 0 aromatic heterocycles. The third-order valence-corrected chi connectivity index (χ3v) is 4.41. The molecule has 140 valence electrons. The van der Waals surface area contributed by atoms with Crippen molar-refractivity contribution in [3.8, 4) is 5.75 Å². The summed E-state index contributed by atoms with van der Waals surface area (Å²) in [5.41, 5.74) is 1.27. The van der Waals surface area contributed by atoms with Crippen molar-refractivity contribution in [3.63, 3.8) is 0 Å². The second-order valence-corrected chi connectivity index (χ2v) is 6.43. The van der Waals surface area contributed by atoms with Crippen LogP contribution in [-0.4, -0.2) is 12.0 Å². The summed E-state index contributed by atoms with van der Waals surface area (Å²) in [6.45, 7) is 5.22. The molecule has 0 unspecified atom stereocenters. The minimum absolute atomic E-state index is 0.0187. The van der Waals surface area contributed by atoms with Crippen LogP contribution in [0.2, 0.25) is 5.02 Å². The van der Waals surface area contributed by atoms with E-state index in [1.165, 1.54) is 12.1 Å². The van der Waals surface area contributed by atoms with E-state index in [1.54, 1.807) is 19.1 Å². The molecule has 1 amide bonds. The summed E-state index contributed by atoms with van der Waals surface area (Å²) in [5, 5.41) is 3.22. The van der Waals surface area contributed by atoms with Crippen molar-refractivity contribution in [1.29, 1.82) is 0 Å². The molecule has 0 spiro atoms. The highest BCUT2D eigenvalue weighted by Crippen LogP contribution is 2.29. The van der Waals surface area contributed by atoms with Crippen LogP contribution in [0.3, 0.4) is 0 Å². The number of amides is 1. The minimum atomic E-state index is -4.42. The zero-order valence-electron chi connectivity index (χ0n) is 14.6. The van der Waals surface area contributed by atoms with Gasteiger partial charge in [-0.1, -0.05) is 23.7 Å².